The molecule has 4 nitrogen and oxygen atoms in total. The number of nitrogens with zero attached hydrogens (tertiary/aromatic N) is 2. The van der Waals surface area contributed by atoms with Gasteiger partial charge in [-0.2, -0.15) is 0 Å². The van der Waals surface area contributed by atoms with Crippen molar-refractivity contribution in [3.8, 4) is 0 Å². The maximum Gasteiger partial charge on any atom is 0.321 e. The van der Waals surface area contributed by atoms with E-state index >= 15 is 0 Å². The summed E-state index contributed by atoms with van der Waals surface area (Å²) in [4.78, 5) is 15.4. The molecule has 0 aromatic heterocycles. The van der Waals surface area contributed by atoms with Gasteiger partial charge in [0.05, 0.1) is 10.7 Å². The van der Waals surface area contributed by atoms with Crippen molar-refractivity contribution in [2.24, 2.45) is 0 Å². The van der Waals surface area contributed by atoms with Gasteiger partial charge in [-0.25, -0.2) is 4.79 Å². The summed E-state index contributed by atoms with van der Waals surface area (Å²) in [6.45, 7) is 2.14. The Morgan fingerprint density at radius 3 is 2.61 bits per heavy atom. The minimum absolute atomic E-state index is 0.171. The summed E-state index contributed by atoms with van der Waals surface area (Å²) in [6.07, 6.45) is 2.45. The van der Waals surface area contributed by atoms with Gasteiger partial charge in [-0.3, -0.25) is 0 Å². The zero-order chi connectivity index (χ0) is 13.1. The van der Waals surface area contributed by atoms with Crippen LogP contribution >= 0.6 is 11.6 Å². The first-order valence-electron chi connectivity index (χ1n) is 6.11. The molecule has 98 valence electrons. The fourth-order valence-electron chi connectivity index (χ4n) is 2.01. The molecule has 5 heteroatoms. The molecule has 1 saturated heterocycles. The number of urea groups is 1. The van der Waals surface area contributed by atoms with Crippen LogP contribution in [0.4, 0.5) is 16.2 Å². The summed E-state index contributed by atoms with van der Waals surface area (Å²) < 4.78 is 0. The van der Waals surface area contributed by atoms with Crippen LogP contribution in [0.5, 0.6) is 0 Å². The van der Waals surface area contributed by atoms with Crippen LogP contribution in [-0.4, -0.2) is 38.1 Å². The lowest BCUT2D eigenvalue weighted by molar-refractivity contribution is 0.230. The van der Waals surface area contributed by atoms with Crippen molar-refractivity contribution in [2.75, 3.05) is 37.4 Å². The standard InChI is InChI=1S/C13H18ClN3O/c1-16(2)13(18)15-12-9-10(5-6-11(12)14)17-7-3-4-8-17/h5-6,9H,3-4,7-8H2,1-2H3,(H,15,18). The number of amides is 2. The fraction of sp³-hybridized carbons (Fsp3) is 0.462. The average molecular weight is 268 g/mol. The number of carbonyl (C=O) groups excluding carboxylic acids is 1. The van der Waals surface area contributed by atoms with Gasteiger partial charge in [-0.15, -0.1) is 0 Å². The molecule has 2 amide bonds. The smallest absolute Gasteiger partial charge is 0.321 e. The van der Waals surface area contributed by atoms with Gasteiger partial charge in [-0.1, -0.05) is 11.6 Å². The van der Waals surface area contributed by atoms with Crippen molar-refractivity contribution in [1.82, 2.24) is 4.90 Å². The summed E-state index contributed by atoms with van der Waals surface area (Å²) in [5, 5.41) is 3.36. The zero-order valence-electron chi connectivity index (χ0n) is 10.7. The first kappa shape index (κ1) is 13.0. The molecule has 1 N–H and O–H groups in total. The minimum atomic E-state index is -0.171. The second-order valence-corrected chi connectivity index (χ2v) is 5.09. The van der Waals surface area contributed by atoms with Gasteiger partial charge >= 0.3 is 6.03 Å². The second kappa shape index (κ2) is 5.48. The molecular formula is C13H18ClN3O. The number of hydrogen-bond acceptors (Lipinski definition) is 2. The fourth-order valence-corrected chi connectivity index (χ4v) is 2.17. The van der Waals surface area contributed by atoms with Gasteiger partial charge in [0.1, 0.15) is 0 Å². The van der Waals surface area contributed by atoms with Gasteiger partial charge in [-0.05, 0) is 31.0 Å². The molecule has 0 radical (unpaired) electrons. The van der Waals surface area contributed by atoms with Crippen molar-refractivity contribution in [3.05, 3.63) is 23.2 Å². The van der Waals surface area contributed by atoms with Crippen LogP contribution in [0.2, 0.25) is 5.02 Å². The normalized spacial score (nSPS) is 14.7. The van der Waals surface area contributed by atoms with E-state index in [0.717, 1.165) is 18.8 Å². The van der Waals surface area contributed by atoms with E-state index in [1.54, 1.807) is 14.1 Å². The van der Waals surface area contributed by atoms with Crippen molar-refractivity contribution in [2.45, 2.75) is 12.8 Å². The summed E-state index contributed by atoms with van der Waals surface area (Å²) in [6, 6.07) is 5.60. The monoisotopic (exact) mass is 267 g/mol. The molecule has 0 spiro atoms. The number of anilines is 2. The molecular weight excluding hydrogens is 250 g/mol. The first-order chi connectivity index (χ1) is 8.58. The summed E-state index contributed by atoms with van der Waals surface area (Å²) in [7, 11) is 3.40. The first-order valence-corrected chi connectivity index (χ1v) is 6.48. The molecule has 1 aliphatic rings. The Bertz CT molecular complexity index is 442. The van der Waals surface area contributed by atoms with E-state index in [-0.39, 0.29) is 6.03 Å². The highest BCUT2D eigenvalue weighted by Gasteiger charge is 2.14. The van der Waals surface area contributed by atoms with E-state index in [9.17, 15) is 4.79 Å². The molecule has 1 aromatic carbocycles. The average Bonchev–Trinajstić information content (AvgIpc) is 2.85. The highest BCUT2D eigenvalue weighted by molar-refractivity contribution is 6.33. The summed E-state index contributed by atoms with van der Waals surface area (Å²) in [5.41, 5.74) is 1.78. The van der Waals surface area contributed by atoms with Gasteiger partial charge in [0, 0.05) is 32.9 Å². The molecule has 0 saturated carbocycles. The van der Waals surface area contributed by atoms with E-state index in [1.165, 1.54) is 17.7 Å². The van der Waals surface area contributed by atoms with E-state index in [2.05, 4.69) is 10.2 Å². The molecule has 1 aliphatic heterocycles. The van der Waals surface area contributed by atoms with Crippen molar-refractivity contribution >= 4 is 29.0 Å². The maximum absolute atomic E-state index is 11.6. The maximum atomic E-state index is 11.6. The summed E-state index contributed by atoms with van der Waals surface area (Å²) in [5.74, 6) is 0. The lowest BCUT2D eigenvalue weighted by Crippen LogP contribution is -2.27. The highest BCUT2D eigenvalue weighted by Crippen LogP contribution is 2.29. The Balaban J connectivity index is 2.18. The number of hydrogen-bond donors (Lipinski definition) is 1. The third-order valence-corrected chi connectivity index (χ3v) is 3.40. The Labute approximate surface area is 113 Å². The van der Waals surface area contributed by atoms with Gasteiger partial charge < -0.3 is 15.1 Å². The van der Waals surface area contributed by atoms with Crippen LogP contribution in [0.3, 0.4) is 0 Å². The van der Waals surface area contributed by atoms with E-state index in [0.29, 0.717) is 10.7 Å². The van der Waals surface area contributed by atoms with Crippen LogP contribution in [0.15, 0.2) is 18.2 Å². The predicted octanol–water partition coefficient (Wildman–Crippen LogP) is 3.03. The topological polar surface area (TPSA) is 35.6 Å². The van der Waals surface area contributed by atoms with Gasteiger partial charge in [0.2, 0.25) is 0 Å². The molecule has 0 aliphatic carbocycles. The minimum Gasteiger partial charge on any atom is -0.371 e. The molecule has 1 heterocycles. The van der Waals surface area contributed by atoms with E-state index in [4.69, 9.17) is 11.6 Å². The largest absolute Gasteiger partial charge is 0.371 e. The van der Waals surface area contributed by atoms with Crippen LogP contribution in [0.1, 0.15) is 12.8 Å². The molecule has 0 bridgehead atoms. The number of nitrogens with one attached hydrogen (secondary N) is 1. The van der Waals surface area contributed by atoms with Crippen molar-refractivity contribution < 1.29 is 4.79 Å². The Hall–Kier alpha value is -1.42. The van der Waals surface area contributed by atoms with Crippen molar-refractivity contribution in [3.63, 3.8) is 0 Å². The van der Waals surface area contributed by atoms with Crippen molar-refractivity contribution in [1.29, 1.82) is 0 Å². The van der Waals surface area contributed by atoms with Crippen LogP contribution < -0.4 is 10.2 Å². The predicted molar refractivity (Wildman–Crippen MR) is 75.6 cm³/mol. The van der Waals surface area contributed by atoms with Crippen LogP contribution in [-0.2, 0) is 0 Å². The molecule has 1 aromatic rings. The number of halogens is 1. The van der Waals surface area contributed by atoms with Gasteiger partial charge in [0.25, 0.3) is 0 Å². The number of carbonyl (C=O) groups is 1. The molecule has 0 unspecified atom stereocenters. The quantitative estimate of drug-likeness (QED) is 0.894. The van der Waals surface area contributed by atoms with Gasteiger partial charge in [0.15, 0.2) is 0 Å². The molecule has 0 atom stereocenters. The third kappa shape index (κ3) is 2.88. The molecule has 2 rings (SSSR count). The van der Waals surface area contributed by atoms with Crippen LogP contribution in [0, 0.1) is 0 Å². The number of benzene rings is 1. The Morgan fingerprint density at radius 1 is 1.33 bits per heavy atom. The third-order valence-electron chi connectivity index (χ3n) is 3.07. The lowest BCUT2D eigenvalue weighted by Gasteiger charge is -2.20. The van der Waals surface area contributed by atoms with Crippen LogP contribution in [0.25, 0.3) is 0 Å². The summed E-state index contributed by atoms with van der Waals surface area (Å²) >= 11 is 6.10. The molecule has 1 fully saturated rings. The molecule has 18 heavy (non-hydrogen) atoms. The second-order valence-electron chi connectivity index (χ2n) is 4.68. The number of rotatable bonds is 2. The van der Waals surface area contributed by atoms with E-state index < -0.39 is 0 Å². The Morgan fingerprint density at radius 2 is 2.00 bits per heavy atom. The Kier molecular flexibility index (Phi) is 3.97. The lowest BCUT2D eigenvalue weighted by atomic mass is 10.2. The zero-order valence-corrected chi connectivity index (χ0v) is 11.5. The highest BCUT2D eigenvalue weighted by atomic mass is 35.5. The SMILES string of the molecule is CN(C)C(=O)Nc1cc(N2CCCC2)ccc1Cl. The van der Waals surface area contributed by atoms with E-state index in [1.807, 2.05) is 18.2 Å².